The number of urea groups is 1. The number of rotatable bonds is 4. The molecule has 2 aromatic rings. The van der Waals surface area contributed by atoms with E-state index in [-0.39, 0.29) is 12.1 Å². The van der Waals surface area contributed by atoms with E-state index in [2.05, 4.69) is 28.0 Å². The standard InChI is InChI=1S/C15H21N5O/c1-10-8-14(20(4)19-10)18-15(21)17-13-7-5-6-12(9-13)11(2)16-3/h5-9,11,16H,1-4H3,(H2,17,18,21). The minimum Gasteiger partial charge on any atom is -0.313 e. The van der Waals surface area contributed by atoms with E-state index >= 15 is 0 Å². The van der Waals surface area contributed by atoms with Gasteiger partial charge in [-0.15, -0.1) is 0 Å². The maximum Gasteiger partial charge on any atom is 0.324 e. The summed E-state index contributed by atoms with van der Waals surface area (Å²) in [6, 6.07) is 9.53. The Hall–Kier alpha value is -2.34. The molecule has 1 aromatic carbocycles. The summed E-state index contributed by atoms with van der Waals surface area (Å²) >= 11 is 0. The number of carbonyl (C=O) groups excluding carboxylic acids is 1. The molecular weight excluding hydrogens is 266 g/mol. The number of anilines is 2. The molecule has 2 rings (SSSR count). The van der Waals surface area contributed by atoms with Crippen molar-refractivity contribution >= 4 is 17.5 Å². The molecule has 1 unspecified atom stereocenters. The molecule has 0 aliphatic heterocycles. The van der Waals surface area contributed by atoms with Crippen molar-refractivity contribution in [2.75, 3.05) is 17.7 Å². The van der Waals surface area contributed by atoms with Gasteiger partial charge in [-0.1, -0.05) is 12.1 Å². The predicted molar refractivity (Wildman–Crippen MR) is 84.5 cm³/mol. The van der Waals surface area contributed by atoms with E-state index in [0.29, 0.717) is 5.82 Å². The number of hydrogen-bond donors (Lipinski definition) is 3. The number of carbonyl (C=O) groups is 1. The lowest BCUT2D eigenvalue weighted by Crippen LogP contribution is -2.21. The molecule has 1 atom stereocenters. The molecule has 0 spiro atoms. The van der Waals surface area contributed by atoms with Crippen molar-refractivity contribution in [1.82, 2.24) is 15.1 Å². The number of nitrogens with one attached hydrogen (secondary N) is 3. The van der Waals surface area contributed by atoms with Gasteiger partial charge >= 0.3 is 6.03 Å². The molecule has 0 saturated carbocycles. The maximum atomic E-state index is 12.0. The zero-order valence-electron chi connectivity index (χ0n) is 12.8. The Morgan fingerprint density at radius 2 is 2.05 bits per heavy atom. The highest BCUT2D eigenvalue weighted by molar-refractivity contribution is 5.99. The highest BCUT2D eigenvalue weighted by Crippen LogP contribution is 2.17. The van der Waals surface area contributed by atoms with Crippen LogP contribution in [0.3, 0.4) is 0 Å². The smallest absolute Gasteiger partial charge is 0.313 e. The predicted octanol–water partition coefficient (Wildman–Crippen LogP) is 2.65. The van der Waals surface area contributed by atoms with Crippen molar-refractivity contribution in [3.05, 3.63) is 41.6 Å². The molecule has 0 aliphatic rings. The molecule has 112 valence electrons. The average molecular weight is 287 g/mol. The fourth-order valence-electron chi connectivity index (χ4n) is 2.06. The second-order valence-corrected chi connectivity index (χ2v) is 5.01. The highest BCUT2D eigenvalue weighted by atomic mass is 16.2. The van der Waals surface area contributed by atoms with Crippen LogP contribution in [0.4, 0.5) is 16.3 Å². The third-order valence-electron chi connectivity index (χ3n) is 3.32. The van der Waals surface area contributed by atoms with Crippen LogP contribution in [0.15, 0.2) is 30.3 Å². The topological polar surface area (TPSA) is 71.0 Å². The molecule has 0 radical (unpaired) electrons. The quantitative estimate of drug-likeness (QED) is 0.809. The summed E-state index contributed by atoms with van der Waals surface area (Å²) in [5, 5.41) is 13.0. The van der Waals surface area contributed by atoms with Crippen LogP contribution in [0, 0.1) is 6.92 Å². The Morgan fingerprint density at radius 3 is 2.67 bits per heavy atom. The first-order valence-corrected chi connectivity index (χ1v) is 6.85. The van der Waals surface area contributed by atoms with Gasteiger partial charge in [0.25, 0.3) is 0 Å². The van der Waals surface area contributed by atoms with E-state index < -0.39 is 0 Å². The molecule has 0 fully saturated rings. The SMILES string of the molecule is CNC(C)c1cccc(NC(=O)Nc2cc(C)nn2C)c1. The number of nitrogens with zero attached hydrogens (tertiary/aromatic N) is 2. The van der Waals surface area contributed by atoms with Crippen LogP contribution in [-0.4, -0.2) is 22.9 Å². The van der Waals surface area contributed by atoms with Gasteiger partial charge in [0, 0.05) is 24.8 Å². The van der Waals surface area contributed by atoms with Gasteiger partial charge in [-0.05, 0) is 38.6 Å². The van der Waals surface area contributed by atoms with Gasteiger partial charge in [0.05, 0.1) is 5.69 Å². The van der Waals surface area contributed by atoms with Gasteiger partial charge < -0.3 is 10.6 Å². The first-order chi connectivity index (χ1) is 9.99. The summed E-state index contributed by atoms with van der Waals surface area (Å²) in [4.78, 5) is 12.0. The molecule has 1 aromatic heterocycles. The van der Waals surface area contributed by atoms with Crippen molar-refractivity contribution in [1.29, 1.82) is 0 Å². The van der Waals surface area contributed by atoms with Crippen LogP contribution in [0.2, 0.25) is 0 Å². The molecular formula is C15H21N5O. The van der Waals surface area contributed by atoms with Crippen molar-refractivity contribution in [2.45, 2.75) is 19.9 Å². The van der Waals surface area contributed by atoms with Crippen molar-refractivity contribution < 1.29 is 4.79 Å². The van der Waals surface area contributed by atoms with E-state index in [9.17, 15) is 4.79 Å². The summed E-state index contributed by atoms with van der Waals surface area (Å²) in [6.07, 6.45) is 0. The number of hydrogen-bond acceptors (Lipinski definition) is 3. The second kappa shape index (κ2) is 6.41. The van der Waals surface area contributed by atoms with Gasteiger partial charge in [0.2, 0.25) is 0 Å². The first-order valence-electron chi connectivity index (χ1n) is 6.85. The largest absolute Gasteiger partial charge is 0.324 e. The van der Waals surface area contributed by atoms with Gasteiger partial charge in [-0.3, -0.25) is 10.00 Å². The van der Waals surface area contributed by atoms with Gasteiger partial charge in [0.1, 0.15) is 5.82 Å². The lowest BCUT2D eigenvalue weighted by molar-refractivity contribution is 0.262. The maximum absolute atomic E-state index is 12.0. The van der Waals surface area contributed by atoms with E-state index in [1.807, 2.05) is 44.3 Å². The Kier molecular flexibility index (Phi) is 4.59. The number of benzene rings is 1. The fourth-order valence-corrected chi connectivity index (χ4v) is 2.06. The van der Waals surface area contributed by atoms with Crippen molar-refractivity contribution in [3.63, 3.8) is 0 Å². The number of amides is 2. The molecule has 0 aliphatic carbocycles. The lowest BCUT2D eigenvalue weighted by Gasteiger charge is -2.13. The lowest BCUT2D eigenvalue weighted by atomic mass is 10.1. The summed E-state index contributed by atoms with van der Waals surface area (Å²) < 4.78 is 1.63. The molecule has 0 saturated heterocycles. The highest BCUT2D eigenvalue weighted by Gasteiger charge is 2.08. The summed E-state index contributed by atoms with van der Waals surface area (Å²) in [5.74, 6) is 0.657. The third kappa shape index (κ3) is 3.82. The monoisotopic (exact) mass is 287 g/mol. The second-order valence-electron chi connectivity index (χ2n) is 5.01. The fraction of sp³-hybridized carbons (Fsp3) is 0.333. The van der Waals surface area contributed by atoms with E-state index in [4.69, 9.17) is 0 Å². The Morgan fingerprint density at radius 1 is 1.29 bits per heavy atom. The summed E-state index contributed by atoms with van der Waals surface area (Å²) in [5.41, 5.74) is 2.73. The molecule has 6 heteroatoms. The van der Waals surface area contributed by atoms with Gasteiger partial charge in [-0.25, -0.2) is 4.79 Å². The Balaban J connectivity index is 2.04. The number of aryl methyl sites for hydroxylation is 2. The van der Waals surface area contributed by atoms with E-state index in [1.165, 1.54) is 0 Å². The zero-order chi connectivity index (χ0) is 15.4. The number of aromatic nitrogens is 2. The van der Waals surface area contributed by atoms with E-state index in [0.717, 1.165) is 16.9 Å². The summed E-state index contributed by atoms with van der Waals surface area (Å²) in [7, 11) is 3.69. The molecule has 1 heterocycles. The molecule has 0 bridgehead atoms. The van der Waals surface area contributed by atoms with Crippen LogP contribution in [-0.2, 0) is 7.05 Å². The van der Waals surface area contributed by atoms with Crippen molar-refractivity contribution in [2.24, 2.45) is 7.05 Å². The van der Waals surface area contributed by atoms with Crippen LogP contribution in [0.25, 0.3) is 0 Å². The minimum atomic E-state index is -0.285. The van der Waals surface area contributed by atoms with Crippen LogP contribution >= 0.6 is 0 Å². The van der Waals surface area contributed by atoms with Crippen molar-refractivity contribution in [3.8, 4) is 0 Å². The molecule has 6 nitrogen and oxygen atoms in total. The third-order valence-corrected chi connectivity index (χ3v) is 3.32. The van der Waals surface area contributed by atoms with Gasteiger partial charge in [0.15, 0.2) is 0 Å². The first kappa shape index (κ1) is 15.1. The summed E-state index contributed by atoms with van der Waals surface area (Å²) in [6.45, 7) is 3.95. The van der Waals surface area contributed by atoms with Crippen LogP contribution in [0.5, 0.6) is 0 Å². The van der Waals surface area contributed by atoms with Gasteiger partial charge in [-0.2, -0.15) is 5.10 Å². The molecule has 2 amide bonds. The van der Waals surface area contributed by atoms with Crippen LogP contribution in [0.1, 0.15) is 24.2 Å². The molecule has 3 N–H and O–H groups in total. The Labute approximate surface area is 124 Å². The Bertz CT molecular complexity index is 635. The van der Waals surface area contributed by atoms with E-state index in [1.54, 1.807) is 11.7 Å². The molecule has 21 heavy (non-hydrogen) atoms. The average Bonchev–Trinajstić information content (AvgIpc) is 2.76. The van der Waals surface area contributed by atoms with Crippen LogP contribution < -0.4 is 16.0 Å². The normalized spacial score (nSPS) is 12.0. The zero-order valence-corrected chi connectivity index (χ0v) is 12.8. The minimum absolute atomic E-state index is 0.231.